The molecule has 3 heterocycles. The predicted octanol–water partition coefficient (Wildman–Crippen LogP) is 2.10. The Hall–Kier alpha value is -3.35. The van der Waals surface area contributed by atoms with Crippen molar-refractivity contribution in [2.24, 2.45) is 0 Å². The van der Waals surface area contributed by atoms with Crippen LogP contribution in [0, 0.1) is 6.92 Å². The fourth-order valence-corrected chi connectivity index (χ4v) is 2.50. The lowest BCUT2D eigenvalue weighted by Crippen LogP contribution is -2.25. The molecule has 0 radical (unpaired) electrons. The van der Waals surface area contributed by atoms with Gasteiger partial charge in [0, 0.05) is 29.8 Å². The van der Waals surface area contributed by atoms with E-state index >= 15 is 0 Å². The quantitative estimate of drug-likeness (QED) is 0.721. The number of nitrogens with zero attached hydrogens (tertiary/aromatic N) is 4. The fourth-order valence-electron chi connectivity index (χ4n) is 2.50. The van der Waals surface area contributed by atoms with Gasteiger partial charge in [-0.3, -0.25) is 14.6 Å². The number of carbonyl (C=O) groups is 2. The SMILES string of the molecule is CC(=O)c1ccc(CNC(=O)c2cccnc2-n2cccn2)nc1C. The maximum Gasteiger partial charge on any atom is 0.255 e. The molecule has 0 unspecified atom stereocenters. The Morgan fingerprint density at radius 1 is 1.12 bits per heavy atom. The normalized spacial score (nSPS) is 10.5. The minimum absolute atomic E-state index is 0.0280. The number of rotatable bonds is 5. The van der Waals surface area contributed by atoms with Crippen LogP contribution in [0.4, 0.5) is 0 Å². The summed E-state index contributed by atoms with van der Waals surface area (Å²) in [5, 5.41) is 6.94. The smallest absolute Gasteiger partial charge is 0.255 e. The van der Waals surface area contributed by atoms with Gasteiger partial charge in [-0.05, 0) is 44.2 Å². The largest absolute Gasteiger partial charge is 0.346 e. The van der Waals surface area contributed by atoms with Gasteiger partial charge in [-0.1, -0.05) is 0 Å². The lowest BCUT2D eigenvalue weighted by atomic mass is 10.1. The molecular weight excluding hydrogens is 318 g/mol. The number of carbonyl (C=O) groups excluding carboxylic acids is 2. The van der Waals surface area contributed by atoms with Crippen LogP contribution in [-0.2, 0) is 6.54 Å². The van der Waals surface area contributed by atoms with Crippen LogP contribution in [0.2, 0.25) is 0 Å². The summed E-state index contributed by atoms with van der Waals surface area (Å²) in [4.78, 5) is 32.6. The van der Waals surface area contributed by atoms with Crippen LogP contribution in [-0.4, -0.2) is 31.4 Å². The van der Waals surface area contributed by atoms with Crippen molar-refractivity contribution in [1.82, 2.24) is 25.1 Å². The van der Waals surface area contributed by atoms with Crippen LogP contribution in [0.3, 0.4) is 0 Å². The number of ketones is 1. The predicted molar refractivity (Wildman–Crippen MR) is 91.5 cm³/mol. The molecule has 1 amide bonds. The molecule has 0 spiro atoms. The summed E-state index contributed by atoms with van der Waals surface area (Å²) in [6.45, 7) is 3.54. The average Bonchev–Trinajstić information content (AvgIpc) is 3.14. The molecule has 0 aliphatic carbocycles. The molecule has 0 bridgehead atoms. The monoisotopic (exact) mass is 335 g/mol. The highest BCUT2D eigenvalue weighted by molar-refractivity contribution is 5.97. The summed E-state index contributed by atoms with van der Waals surface area (Å²) in [5.74, 6) is 0.162. The maximum absolute atomic E-state index is 12.5. The lowest BCUT2D eigenvalue weighted by Gasteiger charge is -2.10. The van der Waals surface area contributed by atoms with Crippen molar-refractivity contribution in [3.8, 4) is 5.82 Å². The first-order valence-corrected chi connectivity index (χ1v) is 7.77. The van der Waals surface area contributed by atoms with Crippen molar-refractivity contribution in [3.05, 3.63) is 71.4 Å². The zero-order valence-corrected chi connectivity index (χ0v) is 13.9. The van der Waals surface area contributed by atoms with Crippen LogP contribution in [0.15, 0.2) is 48.9 Å². The molecule has 3 aromatic rings. The molecule has 7 heteroatoms. The Kier molecular flexibility index (Phi) is 4.65. The van der Waals surface area contributed by atoms with E-state index in [0.29, 0.717) is 28.3 Å². The summed E-state index contributed by atoms with van der Waals surface area (Å²) in [6.07, 6.45) is 4.96. The molecule has 3 rings (SSSR count). The lowest BCUT2D eigenvalue weighted by molar-refractivity contribution is 0.0948. The Bertz CT molecular complexity index is 919. The summed E-state index contributed by atoms with van der Waals surface area (Å²) in [6, 6.07) is 8.62. The van der Waals surface area contributed by atoms with Crippen molar-refractivity contribution >= 4 is 11.7 Å². The zero-order valence-electron chi connectivity index (χ0n) is 13.9. The highest BCUT2D eigenvalue weighted by atomic mass is 16.1. The van der Waals surface area contributed by atoms with Crippen molar-refractivity contribution in [2.75, 3.05) is 0 Å². The Morgan fingerprint density at radius 2 is 1.96 bits per heavy atom. The number of aryl methyl sites for hydroxylation is 1. The second kappa shape index (κ2) is 7.04. The van der Waals surface area contributed by atoms with Gasteiger partial charge in [0.1, 0.15) is 0 Å². The summed E-state index contributed by atoms with van der Waals surface area (Å²) < 4.78 is 1.54. The molecule has 0 aliphatic heterocycles. The molecule has 0 aliphatic rings. The third-order valence-electron chi connectivity index (χ3n) is 3.71. The Morgan fingerprint density at radius 3 is 2.64 bits per heavy atom. The van der Waals surface area contributed by atoms with Crippen LogP contribution < -0.4 is 5.32 Å². The molecule has 3 aromatic heterocycles. The van der Waals surface area contributed by atoms with Gasteiger partial charge in [-0.25, -0.2) is 9.67 Å². The van der Waals surface area contributed by atoms with E-state index in [0.717, 1.165) is 0 Å². The van der Waals surface area contributed by atoms with E-state index in [9.17, 15) is 9.59 Å². The molecule has 126 valence electrons. The molecule has 0 saturated carbocycles. The summed E-state index contributed by atoms with van der Waals surface area (Å²) in [5.41, 5.74) is 2.34. The van der Waals surface area contributed by atoms with Gasteiger partial charge in [-0.2, -0.15) is 5.10 Å². The van der Waals surface area contributed by atoms with Crippen molar-refractivity contribution in [1.29, 1.82) is 0 Å². The third kappa shape index (κ3) is 3.60. The van der Waals surface area contributed by atoms with Crippen LogP contribution in [0.5, 0.6) is 0 Å². The number of amides is 1. The van der Waals surface area contributed by atoms with Gasteiger partial charge in [0.15, 0.2) is 11.6 Å². The van der Waals surface area contributed by atoms with Gasteiger partial charge < -0.3 is 5.32 Å². The first-order chi connectivity index (χ1) is 12.1. The molecule has 25 heavy (non-hydrogen) atoms. The number of Topliss-reactive ketones (excluding diaryl/α,β-unsaturated/α-hetero) is 1. The topological polar surface area (TPSA) is 89.8 Å². The van der Waals surface area contributed by atoms with Crippen molar-refractivity contribution in [3.63, 3.8) is 0 Å². The maximum atomic E-state index is 12.5. The first kappa shape index (κ1) is 16.5. The second-order valence-corrected chi connectivity index (χ2v) is 5.50. The molecule has 0 saturated heterocycles. The van der Waals surface area contributed by atoms with E-state index in [1.165, 1.54) is 6.92 Å². The number of pyridine rings is 2. The highest BCUT2D eigenvalue weighted by Gasteiger charge is 2.14. The molecule has 7 nitrogen and oxygen atoms in total. The summed E-state index contributed by atoms with van der Waals surface area (Å²) in [7, 11) is 0. The van der Waals surface area contributed by atoms with Crippen molar-refractivity contribution in [2.45, 2.75) is 20.4 Å². The number of hydrogen-bond acceptors (Lipinski definition) is 5. The standard InChI is InChI=1S/C18H17N5O2/c1-12-15(13(2)24)7-6-14(22-12)11-20-18(25)16-5-3-8-19-17(16)23-10-4-9-21-23/h3-10H,11H2,1-2H3,(H,20,25). The molecule has 0 atom stereocenters. The number of hydrogen-bond donors (Lipinski definition) is 1. The highest BCUT2D eigenvalue weighted by Crippen LogP contribution is 2.11. The fraction of sp³-hybridized carbons (Fsp3) is 0.167. The second-order valence-electron chi connectivity index (χ2n) is 5.50. The minimum atomic E-state index is -0.270. The Labute approximate surface area is 144 Å². The molecule has 1 N–H and O–H groups in total. The molecule has 0 fully saturated rings. The molecular formula is C18H17N5O2. The number of nitrogens with one attached hydrogen (secondary N) is 1. The van der Waals surface area contributed by atoms with Gasteiger partial charge in [-0.15, -0.1) is 0 Å². The van der Waals surface area contributed by atoms with Crippen molar-refractivity contribution < 1.29 is 9.59 Å². The van der Waals surface area contributed by atoms with Gasteiger partial charge in [0.05, 0.1) is 17.8 Å². The van der Waals surface area contributed by atoms with Gasteiger partial charge in [0.2, 0.25) is 0 Å². The Balaban J connectivity index is 1.76. The van der Waals surface area contributed by atoms with Crippen LogP contribution in [0.1, 0.15) is 39.0 Å². The van der Waals surface area contributed by atoms with Gasteiger partial charge >= 0.3 is 0 Å². The average molecular weight is 335 g/mol. The number of aromatic nitrogens is 4. The van der Waals surface area contributed by atoms with Crippen LogP contribution >= 0.6 is 0 Å². The van der Waals surface area contributed by atoms with E-state index in [4.69, 9.17) is 0 Å². The molecule has 0 aromatic carbocycles. The van der Waals surface area contributed by atoms with E-state index < -0.39 is 0 Å². The van der Waals surface area contributed by atoms with E-state index in [1.807, 2.05) is 0 Å². The first-order valence-electron chi connectivity index (χ1n) is 7.77. The van der Waals surface area contributed by atoms with E-state index in [1.54, 1.807) is 60.5 Å². The summed E-state index contributed by atoms with van der Waals surface area (Å²) >= 11 is 0. The minimum Gasteiger partial charge on any atom is -0.346 e. The van der Waals surface area contributed by atoms with Gasteiger partial charge in [0.25, 0.3) is 5.91 Å². The third-order valence-corrected chi connectivity index (χ3v) is 3.71. The van der Waals surface area contributed by atoms with E-state index in [-0.39, 0.29) is 18.2 Å². The van der Waals surface area contributed by atoms with Crippen LogP contribution in [0.25, 0.3) is 5.82 Å². The zero-order chi connectivity index (χ0) is 17.8. The van der Waals surface area contributed by atoms with E-state index in [2.05, 4.69) is 20.4 Å².